The Bertz CT molecular complexity index is 369. The van der Waals surface area contributed by atoms with E-state index in [4.69, 9.17) is 4.74 Å². The molecule has 0 aliphatic heterocycles. The van der Waals surface area contributed by atoms with Gasteiger partial charge in [-0.1, -0.05) is 18.9 Å². The van der Waals surface area contributed by atoms with Crippen molar-refractivity contribution in [3.8, 4) is 5.75 Å². The Balaban J connectivity index is 1.61. The van der Waals surface area contributed by atoms with E-state index in [9.17, 15) is 0 Å². The van der Waals surface area contributed by atoms with Gasteiger partial charge in [0.25, 0.3) is 0 Å². The van der Waals surface area contributed by atoms with Crippen molar-refractivity contribution in [3.63, 3.8) is 0 Å². The third kappa shape index (κ3) is 4.02. The Morgan fingerprint density at radius 1 is 1.17 bits per heavy atom. The second-order valence-corrected chi connectivity index (χ2v) is 5.45. The van der Waals surface area contributed by atoms with Gasteiger partial charge in [-0.05, 0) is 62.4 Å². The number of rotatable bonds is 6. The topological polar surface area (TPSA) is 21.3 Å². The molecule has 0 atom stereocenters. The van der Waals surface area contributed by atoms with Crippen LogP contribution in [0.4, 0.5) is 0 Å². The van der Waals surface area contributed by atoms with E-state index in [-0.39, 0.29) is 0 Å². The summed E-state index contributed by atoms with van der Waals surface area (Å²) in [5.41, 5.74) is 2.62. The van der Waals surface area contributed by atoms with Crippen LogP contribution in [0.25, 0.3) is 0 Å². The fourth-order valence-electron chi connectivity index (χ4n) is 2.57. The Morgan fingerprint density at radius 3 is 2.67 bits per heavy atom. The Labute approximate surface area is 111 Å². The third-order valence-electron chi connectivity index (χ3n) is 3.93. The molecule has 0 amide bonds. The summed E-state index contributed by atoms with van der Waals surface area (Å²) in [5, 5.41) is 3.50. The van der Waals surface area contributed by atoms with E-state index in [0.29, 0.717) is 0 Å². The van der Waals surface area contributed by atoms with Crippen LogP contribution in [0.2, 0.25) is 0 Å². The molecule has 1 aliphatic carbocycles. The normalized spacial score (nSPS) is 16.1. The molecule has 1 saturated carbocycles. The molecule has 1 aliphatic rings. The second-order valence-electron chi connectivity index (χ2n) is 5.45. The maximum absolute atomic E-state index is 5.74. The van der Waals surface area contributed by atoms with E-state index in [1.165, 1.54) is 36.8 Å². The standard InChI is InChI=1S/C16H25NO/c1-13-7-8-16(11-14(13)2)18-10-9-17-12-15-5-3-4-6-15/h7-8,11,15,17H,3-6,9-10,12H2,1-2H3. The van der Waals surface area contributed by atoms with Crippen LogP contribution in [0.3, 0.4) is 0 Å². The molecule has 100 valence electrons. The average molecular weight is 247 g/mol. The summed E-state index contributed by atoms with van der Waals surface area (Å²) in [5.74, 6) is 1.90. The highest BCUT2D eigenvalue weighted by atomic mass is 16.5. The summed E-state index contributed by atoms with van der Waals surface area (Å²) in [6.45, 7) is 7.12. The highest BCUT2D eigenvalue weighted by Gasteiger charge is 2.13. The van der Waals surface area contributed by atoms with E-state index in [1.807, 2.05) is 0 Å². The molecule has 2 heteroatoms. The summed E-state index contributed by atoms with van der Waals surface area (Å²) < 4.78 is 5.74. The number of benzene rings is 1. The van der Waals surface area contributed by atoms with E-state index in [0.717, 1.165) is 31.4 Å². The van der Waals surface area contributed by atoms with Gasteiger partial charge in [-0.15, -0.1) is 0 Å². The van der Waals surface area contributed by atoms with Gasteiger partial charge in [-0.3, -0.25) is 0 Å². The quantitative estimate of drug-likeness (QED) is 0.777. The largest absolute Gasteiger partial charge is 0.492 e. The van der Waals surface area contributed by atoms with Crippen LogP contribution in [-0.2, 0) is 0 Å². The fourth-order valence-corrected chi connectivity index (χ4v) is 2.57. The lowest BCUT2D eigenvalue weighted by atomic mass is 10.1. The van der Waals surface area contributed by atoms with Crippen molar-refractivity contribution in [2.45, 2.75) is 39.5 Å². The number of ether oxygens (including phenoxy) is 1. The van der Waals surface area contributed by atoms with Crippen molar-refractivity contribution >= 4 is 0 Å². The first-order valence-corrected chi connectivity index (χ1v) is 7.16. The minimum atomic E-state index is 0.759. The van der Waals surface area contributed by atoms with Gasteiger partial charge in [0.2, 0.25) is 0 Å². The Hall–Kier alpha value is -1.02. The molecule has 18 heavy (non-hydrogen) atoms. The van der Waals surface area contributed by atoms with Gasteiger partial charge in [0.15, 0.2) is 0 Å². The van der Waals surface area contributed by atoms with E-state index < -0.39 is 0 Å². The number of nitrogens with one attached hydrogen (secondary N) is 1. The van der Waals surface area contributed by atoms with E-state index >= 15 is 0 Å². The fraction of sp³-hybridized carbons (Fsp3) is 0.625. The molecule has 1 aromatic rings. The molecule has 2 rings (SSSR count). The zero-order chi connectivity index (χ0) is 12.8. The molecular weight excluding hydrogens is 222 g/mol. The van der Waals surface area contributed by atoms with Gasteiger partial charge < -0.3 is 10.1 Å². The summed E-state index contributed by atoms with van der Waals surface area (Å²) in [7, 11) is 0. The first-order valence-electron chi connectivity index (χ1n) is 7.16. The Kier molecular flexibility index (Phi) is 5.06. The molecule has 0 bridgehead atoms. The SMILES string of the molecule is Cc1ccc(OCCNCC2CCCC2)cc1C. The first kappa shape index (κ1) is 13.4. The van der Waals surface area contributed by atoms with Crippen molar-refractivity contribution in [3.05, 3.63) is 29.3 Å². The molecule has 0 aromatic heterocycles. The molecule has 0 saturated heterocycles. The van der Waals surface area contributed by atoms with Crippen molar-refractivity contribution < 1.29 is 4.74 Å². The molecule has 0 heterocycles. The predicted octanol–water partition coefficient (Wildman–Crippen LogP) is 3.46. The predicted molar refractivity (Wildman–Crippen MR) is 76.2 cm³/mol. The van der Waals surface area contributed by atoms with Gasteiger partial charge >= 0.3 is 0 Å². The number of aryl methyl sites for hydroxylation is 2. The van der Waals surface area contributed by atoms with Crippen LogP contribution in [-0.4, -0.2) is 19.7 Å². The maximum Gasteiger partial charge on any atom is 0.119 e. The second kappa shape index (κ2) is 6.79. The monoisotopic (exact) mass is 247 g/mol. The van der Waals surface area contributed by atoms with E-state index in [1.54, 1.807) is 0 Å². The molecule has 1 N–H and O–H groups in total. The molecule has 2 nitrogen and oxygen atoms in total. The van der Waals surface area contributed by atoms with Crippen molar-refractivity contribution in [1.82, 2.24) is 5.32 Å². The van der Waals surface area contributed by atoms with Gasteiger partial charge in [-0.2, -0.15) is 0 Å². The van der Waals surface area contributed by atoms with Crippen LogP contribution < -0.4 is 10.1 Å². The molecule has 0 spiro atoms. The number of hydrogen-bond acceptors (Lipinski definition) is 2. The summed E-state index contributed by atoms with van der Waals surface area (Å²) >= 11 is 0. The first-order chi connectivity index (χ1) is 8.75. The lowest BCUT2D eigenvalue weighted by Gasteiger charge is -2.12. The minimum absolute atomic E-state index is 0.759. The van der Waals surface area contributed by atoms with Crippen LogP contribution in [0, 0.1) is 19.8 Å². The zero-order valence-corrected chi connectivity index (χ0v) is 11.7. The lowest BCUT2D eigenvalue weighted by molar-refractivity contribution is 0.308. The summed E-state index contributed by atoms with van der Waals surface area (Å²) in [4.78, 5) is 0. The van der Waals surface area contributed by atoms with Crippen LogP contribution in [0.1, 0.15) is 36.8 Å². The highest BCUT2D eigenvalue weighted by Crippen LogP contribution is 2.23. The molecular formula is C16H25NO. The molecule has 0 radical (unpaired) electrons. The van der Waals surface area contributed by atoms with E-state index in [2.05, 4.69) is 37.4 Å². The van der Waals surface area contributed by atoms with Crippen LogP contribution in [0.5, 0.6) is 5.75 Å². The molecule has 0 unspecified atom stereocenters. The third-order valence-corrected chi connectivity index (χ3v) is 3.93. The lowest BCUT2D eigenvalue weighted by Crippen LogP contribution is -2.26. The van der Waals surface area contributed by atoms with Crippen LogP contribution in [0.15, 0.2) is 18.2 Å². The summed E-state index contributed by atoms with van der Waals surface area (Å²) in [6.07, 6.45) is 5.66. The Morgan fingerprint density at radius 2 is 1.94 bits per heavy atom. The maximum atomic E-state index is 5.74. The zero-order valence-electron chi connectivity index (χ0n) is 11.7. The van der Waals surface area contributed by atoms with Gasteiger partial charge in [0, 0.05) is 6.54 Å². The smallest absolute Gasteiger partial charge is 0.119 e. The number of hydrogen-bond donors (Lipinski definition) is 1. The highest BCUT2D eigenvalue weighted by molar-refractivity contribution is 5.33. The molecule has 1 fully saturated rings. The summed E-state index contributed by atoms with van der Waals surface area (Å²) in [6, 6.07) is 6.29. The van der Waals surface area contributed by atoms with Gasteiger partial charge in [0.05, 0.1) is 0 Å². The van der Waals surface area contributed by atoms with Gasteiger partial charge in [-0.25, -0.2) is 0 Å². The average Bonchev–Trinajstić information content (AvgIpc) is 2.86. The van der Waals surface area contributed by atoms with Crippen molar-refractivity contribution in [2.75, 3.05) is 19.7 Å². The molecule has 1 aromatic carbocycles. The minimum Gasteiger partial charge on any atom is -0.492 e. The van der Waals surface area contributed by atoms with Crippen molar-refractivity contribution in [1.29, 1.82) is 0 Å². The van der Waals surface area contributed by atoms with Crippen LogP contribution >= 0.6 is 0 Å². The van der Waals surface area contributed by atoms with Gasteiger partial charge in [0.1, 0.15) is 12.4 Å². The van der Waals surface area contributed by atoms with Crippen molar-refractivity contribution in [2.24, 2.45) is 5.92 Å².